The molecule has 1 aromatic heterocycles. The van der Waals surface area contributed by atoms with Crippen molar-refractivity contribution in [2.75, 3.05) is 5.32 Å². The van der Waals surface area contributed by atoms with Crippen molar-refractivity contribution in [2.24, 2.45) is 0 Å². The Kier molecular flexibility index (Phi) is 5.87. The lowest BCUT2D eigenvalue weighted by Crippen LogP contribution is -2.23. The van der Waals surface area contributed by atoms with Gasteiger partial charge in [-0.25, -0.2) is 9.37 Å². The molecule has 3 rings (SSSR count). The van der Waals surface area contributed by atoms with Gasteiger partial charge in [-0.05, 0) is 50.6 Å². The molecule has 2 aromatic carbocycles. The third-order valence-electron chi connectivity index (χ3n) is 4.06. The van der Waals surface area contributed by atoms with Crippen molar-refractivity contribution in [3.63, 3.8) is 0 Å². The molecule has 0 saturated carbocycles. The number of imidazole rings is 1. The fourth-order valence-corrected chi connectivity index (χ4v) is 3.76. The number of rotatable bonds is 5. The van der Waals surface area contributed by atoms with Crippen molar-refractivity contribution in [3.05, 3.63) is 70.8 Å². The number of hydrogen-bond acceptors (Lipinski definition) is 3. The molecule has 0 bridgehead atoms. The molecule has 0 aliphatic carbocycles. The van der Waals surface area contributed by atoms with Crippen molar-refractivity contribution in [3.8, 4) is 5.69 Å². The highest BCUT2D eigenvalue weighted by Crippen LogP contribution is 2.28. The Hall–Kier alpha value is -2.31. The van der Waals surface area contributed by atoms with E-state index < -0.39 is 11.1 Å². The van der Waals surface area contributed by atoms with Gasteiger partial charge in [-0.2, -0.15) is 0 Å². The van der Waals surface area contributed by atoms with E-state index in [9.17, 15) is 9.18 Å². The van der Waals surface area contributed by atoms with E-state index in [0.717, 1.165) is 16.4 Å². The van der Waals surface area contributed by atoms with Crippen molar-refractivity contribution >= 4 is 35.0 Å². The lowest BCUT2D eigenvalue weighted by Gasteiger charge is -2.15. The van der Waals surface area contributed by atoms with E-state index >= 15 is 0 Å². The zero-order chi connectivity index (χ0) is 19.6. The van der Waals surface area contributed by atoms with Crippen LogP contribution < -0.4 is 5.32 Å². The molecule has 0 radical (unpaired) electrons. The first-order chi connectivity index (χ1) is 12.8. The summed E-state index contributed by atoms with van der Waals surface area (Å²) in [5.74, 6) is -0.681. The molecule has 0 spiro atoms. The normalized spacial score (nSPS) is 12.0. The first-order valence-corrected chi connectivity index (χ1v) is 9.64. The molecule has 140 valence electrons. The Labute approximate surface area is 166 Å². The van der Waals surface area contributed by atoms with Crippen LogP contribution in [0.4, 0.5) is 10.1 Å². The van der Waals surface area contributed by atoms with E-state index in [1.807, 2.05) is 36.7 Å². The van der Waals surface area contributed by atoms with Crippen LogP contribution in [0.15, 0.2) is 53.9 Å². The van der Waals surface area contributed by atoms with Crippen LogP contribution in [0.3, 0.4) is 0 Å². The summed E-state index contributed by atoms with van der Waals surface area (Å²) in [6, 6.07) is 10.1. The van der Waals surface area contributed by atoms with Gasteiger partial charge in [0, 0.05) is 12.4 Å². The fourth-order valence-electron chi connectivity index (χ4n) is 2.67. The highest BCUT2D eigenvalue weighted by atomic mass is 35.5. The van der Waals surface area contributed by atoms with Crippen molar-refractivity contribution in [2.45, 2.75) is 31.2 Å². The summed E-state index contributed by atoms with van der Waals surface area (Å²) in [5, 5.41) is 3.20. The number of aromatic nitrogens is 2. The number of nitrogens with zero attached hydrogens (tertiary/aromatic N) is 2. The summed E-state index contributed by atoms with van der Waals surface area (Å²) in [7, 11) is 0. The molecule has 0 saturated heterocycles. The molecule has 3 aromatic rings. The standard InChI is InChI=1S/C20H19ClFN3OS/c1-12-4-7-18(13(2)10-12)25-9-8-23-20(25)27-14(3)19(26)24-17-6-5-15(22)11-16(17)21/h4-11,14H,1-3H3,(H,24,26)/t14-/m0/s1. The van der Waals surface area contributed by atoms with Crippen LogP contribution >= 0.6 is 23.4 Å². The van der Waals surface area contributed by atoms with E-state index in [1.165, 1.54) is 35.5 Å². The Morgan fingerprint density at radius 2 is 2.04 bits per heavy atom. The van der Waals surface area contributed by atoms with Crippen molar-refractivity contribution in [1.82, 2.24) is 9.55 Å². The average Bonchev–Trinajstić information content (AvgIpc) is 3.05. The SMILES string of the molecule is Cc1ccc(-n2ccnc2S[C@@H](C)C(=O)Nc2ccc(F)cc2Cl)c(C)c1. The predicted molar refractivity (Wildman–Crippen MR) is 108 cm³/mol. The number of benzene rings is 2. The number of carbonyl (C=O) groups is 1. The van der Waals surface area contributed by atoms with Crippen LogP contribution in [0.2, 0.25) is 5.02 Å². The number of nitrogens with one attached hydrogen (secondary N) is 1. The third kappa shape index (κ3) is 4.51. The Bertz CT molecular complexity index is 989. The highest BCUT2D eigenvalue weighted by Gasteiger charge is 2.19. The van der Waals surface area contributed by atoms with E-state index in [2.05, 4.69) is 16.4 Å². The van der Waals surface area contributed by atoms with Crippen LogP contribution in [0.25, 0.3) is 5.69 Å². The maximum atomic E-state index is 13.1. The number of halogens is 2. The van der Waals surface area contributed by atoms with Crippen LogP contribution in [-0.2, 0) is 4.79 Å². The van der Waals surface area contributed by atoms with Gasteiger partial charge in [0.1, 0.15) is 5.82 Å². The monoisotopic (exact) mass is 403 g/mol. The molecule has 1 heterocycles. The first kappa shape index (κ1) is 19.5. The molecule has 0 aliphatic rings. The lowest BCUT2D eigenvalue weighted by molar-refractivity contribution is -0.115. The second kappa shape index (κ2) is 8.15. The summed E-state index contributed by atoms with van der Waals surface area (Å²) in [6.07, 6.45) is 3.59. The second-order valence-corrected chi connectivity index (χ2v) is 7.96. The van der Waals surface area contributed by atoms with E-state index in [1.54, 1.807) is 13.1 Å². The minimum atomic E-state index is -0.448. The van der Waals surface area contributed by atoms with Gasteiger partial charge in [0.15, 0.2) is 5.16 Å². The van der Waals surface area contributed by atoms with Crippen LogP contribution in [0, 0.1) is 19.7 Å². The Morgan fingerprint density at radius 3 is 2.74 bits per heavy atom. The molecule has 0 unspecified atom stereocenters. The summed E-state index contributed by atoms with van der Waals surface area (Å²) >= 11 is 7.32. The number of aryl methyl sites for hydroxylation is 2. The van der Waals surface area contributed by atoms with E-state index in [-0.39, 0.29) is 10.9 Å². The summed E-state index contributed by atoms with van der Waals surface area (Å²) in [4.78, 5) is 16.9. The van der Waals surface area contributed by atoms with Gasteiger partial charge in [0.2, 0.25) is 5.91 Å². The fraction of sp³-hybridized carbons (Fsp3) is 0.200. The highest BCUT2D eigenvalue weighted by molar-refractivity contribution is 8.00. The van der Waals surface area contributed by atoms with Gasteiger partial charge in [-0.1, -0.05) is 41.1 Å². The summed E-state index contributed by atoms with van der Waals surface area (Å²) < 4.78 is 15.1. The molecular weight excluding hydrogens is 385 g/mol. The molecule has 0 aliphatic heterocycles. The third-order valence-corrected chi connectivity index (χ3v) is 5.45. The maximum absolute atomic E-state index is 13.1. The van der Waals surface area contributed by atoms with E-state index in [4.69, 9.17) is 11.6 Å². The minimum absolute atomic E-state index is 0.164. The van der Waals surface area contributed by atoms with Crippen molar-refractivity contribution < 1.29 is 9.18 Å². The second-order valence-electron chi connectivity index (χ2n) is 6.24. The van der Waals surface area contributed by atoms with Gasteiger partial charge >= 0.3 is 0 Å². The minimum Gasteiger partial charge on any atom is -0.324 e. The topological polar surface area (TPSA) is 46.9 Å². The van der Waals surface area contributed by atoms with Gasteiger partial charge in [0.25, 0.3) is 0 Å². The quantitative estimate of drug-likeness (QED) is 0.580. The van der Waals surface area contributed by atoms with Crippen LogP contribution in [0.5, 0.6) is 0 Å². The molecular formula is C20H19ClFN3OS. The van der Waals surface area contributed by atoms with E-state index in [0.29, 0.717) is 5.69 Å². The summed E-state index contributed by atoms with van der Waals surface area (Å²) in [6.45, 7) is 5.88. The van der Waals surface area contributed by atoms with Gasteiger partial charge in [0.05, 0.1) is 21.6 Å². The predicted octanol–water partition coefficient (Wildman–Crippen LogP) is 5.40. The largest absolute Gasteiger partial charge is 0.324 e. The molecule has 1 amide bonds. The molecule has 4 nitrogen and oxygen atoms in total. The smallest absolute Gasteiger partial charge is 0.237 e. The van der Waals surface area contributed by atoms with Crippen LogP contribution in [0.1, 0.15) is 18.1 Å². The van der Waals surface area contributed by atoms with Gasteiger partial charge in [-0.3, -0.25) is 9.36 Å². The Morgan fingerprint density at radius 1 is 1.26 bits per heavy atom. The van der Waals surface area contributed by atoms with Gasteiger partial charge in [-0.15, -0.1) is 0 Å². The summed E-state index contributed by atoms with van der Waals surface area (Å²) in [5.41, 5.74) is 3.72. The number of amides is 1. The number of hydrogen-bond donors (Lipinski definition) is 1. The van der Waals surface area contributed by atoms with Crippen molar-refractivity contribution in [1.29, 1.82) is 0 Å². The molecule has 0 fully saturated rings. The lowest BCUT2D eigenvalue weighted by atomic mass is 10.1. The maximum Gasteiger partial charge on any atom is 0.237 e. The Balaban J connectivity index is 1.76. The molecule has 1 N–H and O–H groups in total. The number of thioether (sulfide) groups is 1. The zero-order valence-electron chi connectivity index (χ0n) is 15.2. The van der Waals surface area contributed by atoms with Gasteiger partial charge < -0.3 is 5.32 Å². The molecule has 27 heavy (non-hydrogen) atoms. The van der Waals surface area contributed by atoms with Crippen LogP contribution in [-0.4, -0.2) is 20.7 Å². The zero-order valence-corrected chi connectivity index (χ0v) is 16.7. The molecule has 7 heteroatoms. The number of anilines is 1. The first-order valence-electron chi connectivity index (χ1n) is 8.38. The molecule has 1 atom stereocenters. The number of carbonyl (C=O) groups excluding carboxylic acids is 1. The average molecular weight is 404 g/mol.